The second-order valence-corrected chi connectivity index (χ2v) is 8.54. The van der Waals surface area contributed by atoms with Gasteiger partial charge in [0.15, 0.2) is 0 Å². The minimum Gasteiger partial charge on any atom is -0.478 e. The standard InChI is InChI=1S/C20H25N3O4S/c1-3-15-6-4-5-7-19(15)28(26,27)21-18-9-8-16(14-17(18)20(24)25)23-12-10-22(2)11-13-23/h4-9,14,21H,3,10-13H2,1-2H3,(H,24,25). The molecular formula is C20H25N3O4S. The highest BCUT2D eigenvalue weighted by Gasteiger charge is 2.22. The third-order valence-corrected chi connectivity index (χ3v) is 6.46. The van der Waals surface area contributed by atoms with Crippen LogP contribution in [0.3, 0.4) is 0 Å². The summed E-state index contributed by atoms with van der Waals surface area (Å²) in [5.41, 5.74) is 1.47. The van der Waals surface area contributed by atoms with Crippen LogP contribution in [0.25, 0.3) is 0 Å². The summed E-state index contributed by atoms with van der Waals surface area (Å²) in [4.78, 5) is 16.3. The summed E-state index contributed by atoms with van der Waals surface area (Å²) in [7, 11) is -1.84. The van der Waals surface area contributed by atoms with E-state index in [9.17, 15) is 18.3 Å². The Morgan fingerprint density at radius 1 is 1.11 bits per heavy atom. The molecule has 2 N–H and O–H groups in total. The zero-order chi connectivity index (χ0) is 20.3. The van der Waals surface area contributed by atoms with E-state index in [-0.39, 0.29) is 16.1 Å². The molecule has 3 rings (SSSR count). The lowest BCUT2D eigenvalue weighted by Crippen LogP contribution is -2.44. The first kappa shape index (κ1) is 20.2. The Kier molecular flexibility index (Phi) is 5.90. The number of hydrogen-bond donors (Lipinski definition) is 2. The highest BCUT2D eigenvalue weighted by Crippen LogP contribution is 2.27. The number of sulfonamides is 1. The molecule has 0 unspecified atom stereocenters. The smallest absolute Gasteiger partial charge is 0.337 e. The van der Waals surface area contributed by atoms with Gasteiger partial charge in [-0.3, -0.25) is 4.72 Å². The molecule has 0 radical (unpaired) electrons. The van der Waals surface area contributed by atoms with E-state index in [1.54, 1.807) is 24.3 Å². The molecule has 7 nitrogen and oxygen atoms in total. The van der Waals surface area contributed by atoms with Crippen molar-refractivity contribution in [3.05, 3.63) is 53.6 Å². The molecule has 8 heteroatoms. The minimum absolute atomic E-state index is 0.0611. The second-order valence-electron chi connectivity index (χ2n) is 6.89. The summed E-state index contributed by atoms with van der Waals surface area (Å²) in [5.74, 6) is -1.17. The van der Waals surface area contributed by atoms with Crippen molar-refractivity contribution in [3.8, 4) is 0 Å². The molecule has 1 aliphatic heterocycles. The molecule has 1 aliphatic rings. The van der Waals surface area contributed by atoms with E-state index in [1.807, 2.05) is 14.0 Å². The maximum Gasteiger partial charge on any atom is 0.337 e. The largest absolute Gasteiger partial charge is 0.478 e. The van der Waals surface area contributed by atoms with Gasteiger partial charge in [-0.2, -0.15) is 0 Å². The molecule has 0 aromatic heterocycles. The second kappa shape index (κ2) is 8.20. The lowest BCUT2D eigenvalue weighted by Gasteiger charge is -2.34. The molecule has 0 bridgehead atoms. The fourth-order valence-corrected chi connectivity index (χ4v) is 4.71. The zero-order valence-electron chi connectivity index (χ0n) is 16.1. The summed E-state index contributed by atoms with van der Waals surface area (Å²) in [6.07, 6.45) is 0.561. The number of benzene rings is 2. The van der Waals surface area contributed by atoms with Gasteiger partial charge in [0.25, 0.3) is 10.0 Å². The molecule has 0 spiro atoms. The lowest BCUT2D eigenvalue weighted by molar-refractivity contribution is 0.0698. The minimum atomic E-state index is -3.89. The predicted molar refractivity (Wildman–Crippen MR) is 110 cm³/mol. The monoisotopic (exact) mass is 403 g/mol. The van der Waals surface area contributed by atoms with Crippen molar-refractivity contribution in [1.82, 2.24) is 4.90 Å². The third kappa shape index (κ3) is 4.28. The molecule has 150 valence electrons. The highest BCUT2D eigenvalue weighted by molar-refractivity contribution is 7.92. The van der Waals surface area contributed by atoms with Gasteiger partial charge in [0, 0.05) is 31.9 Å². The number of aromatic carboxylic acids is 1. The predicted octanol–water partition coefficient (Wildman–Crippen LogP) is 2.50. The Morgan fingerprint density at radius 3 is 2.43 bits per heavy atom. The van der Waals surface area contributed by atoms with Gasteiger partial charge in [0.1, 0.15) is 0 Å². The van der Waals surface area contributed by atoms with Crippen molar-refractivity contribution in [2.45, 2.75) is 18.2 Å². The van der Waals surface area contributed by atoms with Gasteiger partial charge in [0.05, 0.1) is 16.1 Å². The SMILES string of the molecule is CCc1ccccc1S(=O)(=O)Nc1ccc(N2CCN(C)CC2)cc1C(=O)O. The van der Waals surface area contributed by atoms with Crippen LogP contribution < -0.4 is 9.62 Å². The summed E-state index contributed by atoms with van der Waals surface area (Å²) >= 11 is 0. The number of anilines is 2. The molecule has 0 aliphatic carbocycles. The molecule has 2 aromatic rings. The summed E-state index contributed by atoms with van der Waals surface area (Å²) in [5, 5.41) is 9.64. The number of aryl methyl sites for hydroxylation is 1. The number of nitrogens with one attached hydrogen (secondary N) is 1. The van der Waals surface area contributed by atoms with Crippen molar-refractivity contribution in [3.63, 3.8) is 0 Å². The average molecular weight is 404 g/mol. The number of carbonyl (C=O) groups is 1. The number of likely N-dealkylation sites (N-methyl/N-ethyl adjacent to an activating group) is 1. The van der Waals surface area contributed by atoms with Crippen LogP contribution in [-0.4, -0.2) is 57.6 Å². The normalized spacial score (nSPS) is 15.4. The van der Waals surface area contributed by atoms with Crippen molar-refractivity contribution < 1.29 is 18.3 Å². The van der Waals surface area contributed by atoms with Crippen LogP contribution in [0.1, 0.15) is 22.8 Å². The number of carboxylic acids is 1. The molecule has 2 aromatic carbocycles. The molecule has 1 fully saturated rings. The van der Waals surface area contributed by atoms with Gasteiger partial charge < -0.3 is 14.9 Å². The number of hydrogen-bond acceptors (Lipinski definition) is 5. The molecule has 0 saturated carbocycles. The van der Waals surface area contributed by atoms with Crippen LogP contribution in [-0.2, 0) is 16.4 Å². The quantitative estimate of drug-likeness (QED) is 0.770. The Bertz CT molecular complexity index is 967. The van der Waals surface area contributed by atoms with Gasteiger partial charge in [0.2, 0.25) is 0 Å². The Labute approximate surface area is 165 Å². The van der Waals surface area contributed by atoms with Crippen LogP contribution in [0.4, 0.5) is 11.4 Å². The Balaban J connectivity index is 1.92. The fraction of sp³-hybridized carbons (Fsp3) is 0.350. The van der Waals surface area contributed by atoms with Crippen LogP contribution in [0.15, 0.2) is 47.4 Å². The molecule has 28 heavy (non-hydrogen) atoms. The number of rotatable bonds is 6. The van der Waals surface area contributed by atoms with Crippen molar-refractivity contribution >= 4 is 27.4 Å². The van der Waals surface area contributed by atoms with Crippen LogP contribution >= 0.6 is 0 Å². The van der Waals surface area contributed by atoms with Crippen LogP contribution in [0.5, 0.6) is 0 Å². The molecule has 0 atom stereocenters. The topological polar surface area (TPSA) is 90.0 Å². The first-order valence-corrected chi connectivity index (χ1v) is 10.7. The number of nitrogens with zero attached hydrogens (tertiary/aromatic N) is 2. The Hall–Kier alpha value is -2.58. The first-order valence-electron chi connectivity index (χ1n) is 9.23. The average Bonchev–Trinajstić information content (AvgIpc) is 2.68. The summed E-state index contributed by atoms with van der Waals surface area (Å²) in [6.45, 7) is 5.26. The fourth-order valence-electron chi connectivity index (χ4n) is 3.32. The van der Waals surface area contributed by atoms with E-state index in [2.05, 4.69) is 14.5 Å². The van der Waals surface area contributed by atoms with Crippen molar-refractivity contribution in [2.75, 3.05) is 42.8 Å². The van der Waals surface area contributed by atoms with E-state index >= 15 is 0 Å². The third-order valence-electron chi connectivity index (χ3n) is 4.99. The molecule has 0 amide bonds. The van der Waals surface area contributed by atoms with Gasteiger partial charge in [-0.1, -0.05) is 25.1 Å². The van der Waals surface area contributed by atoms with Gasteiger partial charge in [-0.15, -0.1) is 0 Å². The molecule has 1 saturated heterocycles. The number of piperazine rings is 1. The van der Waals surface area contributed by atoms with E-state index in [1.165, 1.54) is 18.2 Å². The van der Waals surface area contributed by atoms with Gasteiger partial charge in [-0.25, -0.2) is 13.2 Å². The number of carboxylic acid groups (broad SMARTS) is 1. The zero-order valence-corrected chi connectivity index (χ0v) is 16.9. The molecule has 1 heterocycles. The van der Waals surface area contributed by atoms with Crippen LogP contribution in [0, 0.1) is 0 Å². The summed E-state index contributed by atoms with van der Waals surface area (Å²) in [6, 6.07) is 11.6. The van der Waals surface area contributed by atoms with Crippen molar-refractivity contribution in [1.29, 1.82) is 0 Å². The maximum atomic E-state index is 12.9. The maximum absolute atomic E-state index is 12.9. The lowest BCUT2D eigenvalue weighted by atomic mass is 10.1. The van der Waals surface area contributed by atoms with E-state index in [0.717, 1.165) is 31.9 Å². The Morgan fingerprint density at radius 2 is 1.79 bits per heavy atom. The van der Waals surface area contributed by atoms with E-state index < -0.39 is 16.0 Å². The summed E-state index contributed by atoms with van der Waals surface area (Å²) < 4.78 is 28.2. The van der Waals surface area contributed by atoms with Gasteiger partial charge >= 0.3 is 5.97 Å². The van der Waals surface area contributed by atoms with E-state index in [0.29, 0.717) is 12.0 Å². The molecular weight excluding hydrogens is 378 g/mol. The van der Waals surface area contributed by atoms with E-state index in [4.69, 9.17) is 0 Å². The van der Waals surface area contributed by atoms with Gasteiger partial charge in [-0.05, 0) is 43.3 Å². The van der Waals surface area contributed by atoms with Crippen LogP contribution in [0.2, 0.25) is 0 Å². The first-order chi connectivity index (χ1) is 13.3. The van der Waals surface area contributed by atoms with Crippen molar-refractivity contribution in [2.24, 2.45) is 0 Å². The highest BCUT2D eigenvalue weighted by atomic mass is 32.2.